The average Bonchev–Trinajstić information content (AvgIpc) is 2.75. The molecular weight excluding hydrogens is 267 g/mol. The number of fused-ring (bicyclic) bond motifs is 1. The quantitative estimate of drug-likeness (QED) is 0.878. The molecule has 0 spiro atoms. The lowest BCUT2D eigenvalue weighted by molar-refractivity contribution is 0.0999. The van der Waals surface area contributed by atoms with E-state index in [2.05, 4.69) is 11.4 Å². The number of carbonyl (C=O) groups excluding carboxylic acids is 1. The number of hydrogen-bond donors (Lipinski definition) is 2. The highest BCUT2D eigenvalue weighted by molar-refractivity contribution is 5.99. The van der Waals surface area contributed by atoms with Gasteiger partial charge in [0.25, 0.3) is 0 Å². The molecule has 1 aromatic rings. The monoisotopic (exact) mass is 286 g/mol. The molecule has 4 heteroatoms. The number of hydrogen-bond acceptors (Lipinski definition) is 2. The molecule has 3 nitrogen and oxygen atoms in total. The number of nitrogens with two attached hydrogens (primary N) is 1. The summed E-state index contributed by atoms with van der Waals surface area (Å²) in [6.07, 6.45) is 3.65. The molecule has 0 saturated carbocycles. The molecule has 1 amide bonds. The Kier molecular flexibility index (Phi) is 3.41. The van der Waals surface area contributed by atoms with Gasteiger partial charge in [-0.1, -0.05) is 11.6 Å². The largest absolute Gasteiger partial charge is 0.366 e. The van der Waals surface area contributed by atoms with E-state index in [0.717, 1.165) is 35.2 Å². The van der Waals surface area contributed by atoms with Crippen molar-refractivity contribution in [2.45, 2.75) is 26.7 Å². The van der Waals surface area contributed by atoms with Crippen molar-refractivity contribution in [3.63, 3.8) is 0 Å². The zero-order valence-corrected chi connectivity index (χ0v) is 12.3. The van der Waals surface area contributed by atoms with Crippen LogP contribution in [0.4, 0.5) is 4.39 Å². The van der Waals surface area contributed by atoms with E-state index in [4.69, 9.17) is 5.73 Å². The Hall–Kier alpha value is -1.94. The fraction of sp³-hybridized carbons (Fsp3) is 0.353. The number of rotatable bonds is 2. The second-order valence-corrected chi connectivity index (χ2v) is 5.78. The van der Waals surface area contributed by atoms with Gasteiger partial charge in [-0.3, -0.25) is 4.79 Å². The van der Waals surface area contributed by atoms with Gasteiger partial charge in [0.1, 0.15) is 5.82 Å². The summed E-state index contributed by atoms with van der Waals surface area (Å²) in [6, 6.07) is 1.30. The molecule has 0 saturated heterocycles. The Morgan fingerprint density at radius 3 is 2.71 bits per heavy atom. The molecule has 0 aromatic heterocycles. The zero-order chi connectivity index (χ0) is 15.1. The van der Waals surface area contributed by atoms with Crippen LogP contribution in [-0.4, -0.2) is 19.0 Å². The van der Waals surface area contributed by atoms with Crippen molar-refractivity contribution in [1.29, 1.82) is 0 Å². The number of benzene rings is 1. The van der Waals surface area contributed by atoms with Gasteiger partial charge in [0.2, 0.25) is 5.91 Å². The van der Waals surface area contributed by atoms with Crippen LogP contribution in [0.5, 0.6) is 0 Å². The predicted octanol–water partition coefficient (Wildman–Crippen LogP) is 2.65. The van der Waals surface area contributed by atoms with Crippen LogP contribution in [0.15, 0.2) is 17.7 Å². The number of carbonyl (C=O) groups is 1. The van der Waals surface area contributed by atoms with Crippen LogP contribution in [0.2, 0.25) is 0 Å². The molecule has 0 fully saturated rings. The van der Waals surface area contributed by atoms with E-state index in [1.54, 1.807) is 0 Å². The van der Waals surface area contributed by atoms with Gasteiger partial charge in [-0.05, 0) is 61.6 Å². The standard InChI is InChI=1S/C17H19FN2O/c1-9-6-12-13(17(19)21)7-14(18)16(15(12)10(9)2)11-4-3-5-20-8-11/h4,7,20H,3,5-6,8H2,1-2H3,(H2,19,21). The Balaban J connectivity index is 2.29. The van der Waals surface area contributed by atoms with Gasteiger partial charge in [0.05, 0.1) is 0 Å². The molecular formula is C17H19FN2O. The lowest BCUT2D eigenvalue weighted by Gasteiger charge is -2.20. The minimum absolute atomic E-state index is 0.312. The lowest BCUT2D eigenvalue weighted by atomic mass is 9.89. The summed E-state index contributed by atoms with van der Waals surface area (Å²) in [7, 11) is 0. The summed E-state index contributed by atoms with van der Waals surface area (Å²) in [5.41, 5.74) is 11.3. The van der Waals surface area contributed by atoms with E-state index in [9.17, 15) is 9.18 Å². The van der Waals surface area contributed by atoms with Crippen LogP contribution in [0.3, 0.4) is 0 Å². The van der Waals surface area contributed by atoms with E-state index < -0.39 is 5.91 Å². The van der Waals surface area contributed by atoms with E-state index in [0.29, 0.717) is 24.1 Å². The first kappa shape index (κ1) is 14.0. The van der Waals surface area contributed by atoms with Crippen molar-refractivity contribution in [3.8, 4) is 0 Å². The fourth-order valence-corrected chi connectivity index (χ4v) is 3.27. The molecule has 3 N–H and O–H groups in total. The maximum absolute atomic E-state index is 14.7. The van der Waals surface area contributed by atoms with Crippen LogP contribution in [0.25, 0.3) is 11.1 Å². The van der Waals surface area contributed by atoms with Crippen LogP contribution in [0.1, 0.15) is 47.3 Å². The third-order valence-corrected chi connectivity index (χ3v) is 4.46. The number of amides is 1. The summed E-state index contributed by atoms with van der Waals surface area (Å²) in [5.74, 6) is -0.915. The van der Waals surface area contributed by atoms with Crippen LogP contribution < -0.4 is 11.1 Å². The maximum Gasteiger partial charge on any atom is 0.249 e. The van der Waals surface area contributed by atoms with Crippen molar-refractivity contribution in [2.24, 2.45) is 5.73 Å². The van der Waals surface area contributed by atoms with Gasteiger partial charge in [-0.25, -0.2) is 4.39 Å². The van der Waals surface area contributed by atoms with Gasteiger partial charge >= 0.3 is 0 Å². The average molecular weight is 286 g/mol. The normalized spacial score (nSPS) is 17.8. The van der Waals surface area contributed by atoms with Gasteiger partial charge in [-0.2, -0.15) is 0 Å². The highest BCUT2D eigenvalue weighted by Crippen LogP contribution is 2.40. The molecule has 1 aliphatic carbocycles. The molecule has 0 bridgehead atoms. The lowest BCUT2D eigenvalue weighted by Crippen LogP contribution is -2.23. The van der Waals surface area contributed by atoms with Crippen molar-refractivity contribution < 1.29 is 9.18 Å². The highest BCUT2D eigenvalue weighted by atomic mass is 19.1. The fourth-order valence-electron chi connectivity index (χ4n) is 3.27. The van der Waals surface area contributed by atoms with Gasteiger partial charge in [-0.15, -0.1) is 0 Å². The smallest absolute Gasteiger partial charge is 0.249 e. The molecule has 0 unspecified atom stereocenters. The molecule has 2 aliphatic rings. The third-order valence-electron chi connectivity index (χ3n) is 4.46. The summed E-state index contributed by atoms with van der Waals surface area (Å²) in [5, 5.41) is 3.27. The van der Waals surface area contributed by atoms with E-state index in [1.165, 1.54) is 11.6 Å². The Morgan fingerprint density at radius 1 is 1.33 bits per heavy atom. The first-order chi connectivity index (χ1) is 10.0. The molecule has 1 aliphatic heterocycles. The van der Waals surface area contributed by atoms with Crippen molar-refractivity contribution >= 4 is 17.1 Å². The summed E-state index contributed by atoms with van der Waals surface area (Å²) >= 11 is 0. The second kappa shape index (κ2) is 5.11. The van der Waals surface area contributed by atoms with Crippen LogP contribution >= 0.6 is 0 Å². The van der Waals surface area contributed by atoms with Crippen molar-refractivity contribution in [2.75, 3.05) is 13.1 Å². The molecule has 0 radical (unpaired) electrons. The van der Waals surface area contributed by atoms with Crippen LogP contribution in [0, 0.1) is 5.82 Å². The minimum atomic E-state index is -0.560. The first-order valence-corrected chi connectivity index (χ1v) is 7.22. The number of allylic oxidation sites excluding steroid dienone is 2. The second-order valence-electron chi connectivity index (χ2n) is 5.78. The van der Waals surface area contributed by atoms with Gasteiger partial charge in [0.15, 0.2) is 0 Å². The summed E-state index contributed by atoms with van der Waals surface area (Å²) in [6.45, 7) is 5.59. The summed E-state index contributed by atoms with van der Waals surface area (Å²) < 4.78 is 14.7. The maximum atomic E-state index is 14.7. The first-order valence-electron chi connectivity index (χ1n) is 7.22. The zero-order valence-electron chi connectivity index (χ0n) is 12.3. The third kappa shape index (κ3) is 2.20. The SMILES string of the molecule is CC1=C(C)c2c(c(C(N)=O)cc(F)c2C2=CCCNC2)C1. The van der Waals surface area contributed by atoms with E-state index in [-0.39, 0.29) is 5.82 Å². The molecule has 1 aromatic carbocycles. The molecule has 110 valence electrons. The highest BCUT2D eigenvalue weighted by Gasteiger charge is 2.28. The minimum Gasteiger partial charge on any atom is -0.366 e. The van der Waals surface area contributed by atoms with Crippen LogP contribution in [-0.2, 0) is 6.42 Å². The van der Waals surface area contributed by atoms with E-state index in [1.807, 2.05) is 13.8 Å². The predicted molar refractivity (Wildman–Crippen MR) is 82.4 cm³/mol. The Labute approximate surface area is 123 Å². The number of nitrogens with one attached hydrogen (secondary N) is 1. The molecule has 3 rings (SSSR count). The molecule has 21 heavy (non-hydrogen) atoms. The van der Waals surface area contributed by atoms with Gasteiger partial charge in [0, 0.05) is 17.7 Å². The van der Waals surface area contributed by atoms with E-state index >= 15 is 0 Å². The van der Waals surface area contributed by atoms with Gasteiger partial charge < -0.3 is 11.1 Å². The molecule has 1 heterocycles. The number of halogens is 1. The topological polar surface area (TPSA) is 55.1 Å². The van der Waals surface area contributed by atoms with Crippen molar-refractivity contribution in [3.05, 3.63) is 45.8 Å². The molecule has 0 atom stereocenters. The Bertz CT molecular complexity index is 701. The van der Waals surface area contributed by atoms with Crippen molar-refractivity contribution in [1.82, 2.24) is 5.32 Å². The summed E-state index contributed by atoms with van der Waals surface area (Å²) in [4.78, 5) is 11.6. The number of primary amides is 1. The Morgan fingerprint density at radius 2 is 2.10 bits per heavy atom.